The van der Waals surface area contributed by atoms with E-state index in [0.29, 0.717) is 0 Å². The van der Waals surface area contributed by atoms with Crippen molar-refractivity contribution in [2.75, 3.05) is 26.2 Å². The van der Waals surface area contributed by atoms with Crippen molar-refractivity contribution in [3.63, 3.8) is 0 Å². The van der Waals surface area contributed by atoms with Crippen molar-refractivity contribution in [1.82, 2.24) is 10.2 Å². The second-order valence-electron chi connectivity index (χ2n) is 7.10. The van der Waals surface area contributed by atoms with Gasteiger partial charge in [-0.2, -0.15) is 0 Å². The molecule has 2 fully saturated rings. The van der Waals surface area contributed by atoms with E-state index >= 15 is 0 Å². The fourth-order valence-corrected chi connectivity index (χ4v) is 4.33. The van der Waals surface area contributed by atoms with Gasteiger partial charge in [-0.1, -0.05) is 33.6 Å². The molecule has 0 spiro atoms. The van der Waals surface area contributed by atoms with E-state index in [1.165, 1.54) is 58.2 Å². The molecule has 19 heavy (non-hydrogen) atoms. The van der Waals surface area contributed by atoms with Crippen LogP contribution in [-0.2, 0) is 0 Å². The van der Waals surface area contributed by atoms with Crippen molar-refractivity contribution in [1.29, 1.82) is 0 Å². The Labute approximate surface area is 120 Å². The molecule has 2 nitrogen and oxygen atoms in total. The average Bonchev–Trinajstić information content (AvgIpc) is 2.62. The highest BCUT2D eigenvalue weighted by Gasteiger charge is 2.34. The van der Waals surface area contributed by atoms with E-state index in [1.54, 1.807) is 0 Å². The monoisotopic (exact) mass is 266 g/mol. The molecule has 0 radical (unpaired) electrons. The molecule has 4 unspecified atom stereocenters. The molecule has 1 aliphatic carbocycles. The molecular weight excluding hydrogens is 232 g/mol. The van der Waals surface area contributed by atoms with Crippen LogP contribution in [0.5, 0.6) is 0 Å². The summed E-state index contributed by atoms with van der Waals surface area (Å²) in [5, 5.41) is 3.77. The standard InChI is InChI=1S/C17H34N2/c1-4-18-17-12-14(2)11-15(3)16(17)13-19-9-7-5-6-8-10-19/h14-18H,4-13H2,1-3H3. The third-order valence-electron chi connectivity index (χ3n) is 5.31. The number of nitrogens with zero attached hydrogens (tertiary/aromatic N) is 1. The molecule has 0 bridgehead atoms. The molecule has 0 aromatic rings. The van der Waals surface area contributed by atoms with Crippen molar-refractivity contribution >= 4 is 0 Å². The molecule has 2 heteroatoms. The minimum Gasteiger partial charge on any atom is -0.314 e. The Bertz CT molecular complexity index is 246. The summed E-state index contributed by atoms with van der Waals surface area (Å²) in [6.45, 7) is 12.3. The van der Waals surface area contributed by atoms with Crippen LogP contribution in [0.25, 0.3) is 0 Å². The van der Waals surface area contributed by atoms with Crippen molar-refractivity contribution in [2.24, 2.45) is 17.8 Å². The summed E-state index contributed by atoms with van der Waals surface area (Å²) in [5.74, 6) is 2.66. The van der Waals surface area contributed by atoms with Gasteiger partial charge < -0.3 is 10.2 Å². The Balaban J connectivity index is 1.93. The quantitative estimate of drug-likeness (QED) is 0.837. The lowest BCUT2D eigenvalue weighted by molar-refractivity contribution is 0.103. The second kappa shape index (κ2) is 7.64. The van der Waals surface area contributed by atoms with Gasteiger partial charge in [-0.3, -0.25) is 0 Å². The number of likely N-dealkylation sites (tertiary alicyclic amines) is 1. The van der Waals surface area contributed by atoms with E-state index < -0.39 is 0 Å². The zero-order chi connectivity index (χ0) is 13.7. The molecule has 0 aromatic carbocycles. The van der Waals surface area contributed by atoms with Crippen LogP contribution < -0.4 is 5.32 Å². The molecule has 2 rings (SSSR count). The minimum absolute atomic E-state index is 0.756. The van der Waals surface area contributed by atoms with Crippen molar-refractivity contribution in [3.8, 4) is 0 Å². The van der Waals surface area contributed by atoms with Crippen LogP contribution in [0.3, 0.4) is 0 Å². The van der Waals surface area contributed by atoms with Gasteiger partial charge in [-0.25, -0.2) is 0 Å². The Morgan fingerprint density at radius 3 is 2.32 bits per heavy atom. The summed E-state index contributed by atoms with van der Waals surface area (Å²) < 4.78 is 0. The summed E-state index contributed by atoms with van der Waals surface area (Å²) in [6.07, 6.45) is 8.55. The lowest BCUT2D eigenvalue weighted by atomic mass is 9.72. The first-order valence-electron chi connectivity index (χ1n) is 8.66. The van der Waals surface area contributed by atoms with E-state index in [4.69, 9.17) is 0 Å². The maximum Gasteiger partial charge on any atom is 0.0112 e. The average molecular weight is 266 g/mol. The number of hydrogen-bond donors (Lipinski definition) is 1. The third kappa shape index (κ3) is 4.46. The molecule has 1 saturated heterocycles. The first-order chi connectivity index (χ1) is 9.20. The fraction of sp³-hybridized carbons (Fsp3) is 1.00. The maximum absolute atomic E-state index is 3.77. The predicted octanol–water partition coefficient (Wildman–Crippen LogP) is 3.52. The van der Waals surface area contributed by atoms with Gasteiger partial charge in [0.05, 0.1) is 0 Å². The van der Waals surface area contributed by atoms with Gasteiger partial charge >= 0.3 is 0 Å². The molecule has 1 aliphatic heterocycles. The van der Waals surface area contributed by atoms with Crippen LogP contribution in [0.1, 0.15) is 59.3 Å². The largest absolute Gasteiger partial charge is 0.314 e. The van der Waals surface area contributed by atoms with Crippen molar-refractivity contribution < 1.29 is 0 Å². The summed E-state index contributed by atoms with van der Waals surface area (Å²) in [6, 6.07) is 0.756. The van der Waals surface area contributed by atoms with Crippen molar-refractivity contribution in [3.05, 3.63) is 0 Å². The number of rotatable bonds is 4. The van der Waals surface area contributed by atoms with Gasteiger partial charge in [0.1, 0.15) is 0 Å². The Morgan fingerprint density at radius 1 is 1.00 bits per heavy atom. The van der Waals surface area contributed by atoms with Gasteiger partial charge in [0.25, 0.3) is 0 Å². The summed E-state index contributed by atoms with van der Waals surface area (Å²) in [7, 11) is 0. The van der Waals surface area contributed by atoms with Crippen LogP contribution >= 0.6 is 0 Å². The van der Waals surface area contributed by atoms with Crippen LogP contribution in [0.2, 0.25) is 0 Å². The minimum atomic E-state index is 0.756. The highest BCUT2D eigenvalue weighted by atomic mass is 15.1. The first kappa shape index (κ1) is 15.3. The molecule has 1 N–H and O–H groups in total. The van der Waals surface area contributed by atoms with Gasteiger partial charge in [0.2, 0.25) is 0 Å². The van der Waals surface area contributed by atoms with E-state index in [1.807, 2.05) is 0 Å². The molecule has 2 aliphatic rings. The highest BCUT2D eigenvalue weighted by molar-refractivity contribution is 4.89. The topological polar surface area (TPSA) is 15.3 Å². The molecule has 1 heterocycles. The van der Waals surface area contributed by atoms with Gasteiger partial charge in [-0.15, -0.1) is 0 Å². The summed E-state index contributed by atoms with van der Waals surface area (Å²) in [5.41, 5.74) is 0. The third-order valence-corrected chi connectivity index (χ3v) is 5.31. The normalized spacial score (nSPS) is 38.1. The van der Waals surface area contributed by atoms with Gasteiger partial charge in [0, 0.05) is 12.6 Å². The number of nitrogens with one attached hydrogen (secondary N) is 1. The number of hydrogen-bond acceptors (Lipinski definition) is 2. The smallest absolute Gasteiger partial charge is 0.0112 e. The Hall–Kier alpha value is -0.0800. The molecule has 0 aromatic heterocycles. The van der Waals surface area contributed by atoms with E-state index in [9.17, 15) is 0 Å². The van der Waals surface area contributed by atoms with E-state index in [2.05, 4.69) is 31.0 Å². The van der Waals surface area contributed by atoms with Crippen LogP contribution in [0, 0.1) is 17.8 Å². The first-order valence-corrected chi connectivity index (χ1v) is 8.66. The second-order valence-corrected chi connectivity index (χ2v) is 7.10. The molecule has 112 valence electrons. The van der Waals surface area contributed by atoms with Crippen LogP contribution in [0.15, 0.2) is 0 Å². The Morgan fingerprint density at radius 2 is 1.68 bits per heavy atom. The molecule has 4 atom stereocenters. The van der Waals surface area contributed by atoms with E-state index in [-0.39, 0.29) is 0 Å². The van der Waals surface area contributed by atoms with Crippen LogP contribution in [0.4, 0.5) is 0 Å². The van der Waals surface area contributed by atoms with Gasteiger partial charge in [-0.05, 0) is 63.1 Å². The van der Waals surface area contributed by atoms with Crippen molar-refractivity contribution in [2.45, 2.75) is 65.3 Å². The predicted molar refractivity (Wildman–Crippen MR) is 83.4 cm³/mol. The highest BCUT2D eigenvalue weighted by Crippen LogP contribution is 2.34. The van der Waals surface area contributed by atoms with E-state index in [0.717, 1.165) is 30.3 Å². The fourth-order valence-electron chi connectivity index (χ4n) is 4.33. The lowest BCUT2D eigenvalue weighted by Crippen LogP contribution is -2.49. The molecule has 1 saturated carbocycles. The summed E-state index contributed by atoms with van der Waals surface area (Å²) in [4.78, 5) is 2.76. The van der Waals surface area contributed by atoms with Gasteiger partial charge in [0.15, 0.2) is 0 Å². The van der Waals surface area contributed by atoms with Crippen LogP contribution in [-0.4, -0.2) is 37.1 Å². The Kier molecular flexibility index (Phi) is 6.15. The zero-order valence-electron chi connectivity index (χ0n) is 13.3. The molecule has 0 amide bonds. The maximum atomic E-state index is 3.77. The molecular formula is C17H34N2. The lowest BCUT2D eigenvalue weighted by Gasteiger charge is -2.42. The summed E-state index contributed by atoms with van der Waals surface area (Å²) >= 11 is 0. The zero-order valence-corrected chi connectivity index (χ0v) is 13.3. The SMILES string of the molecule is CCNC1CC(C)CC(C)C1CN1CCCCCC1.